The Morgan fingerprint density at radius 3 is 2.93 bits per heavy atom. The fraction of sp³-hybridized carbons (Fsp3) is 0.421. The van der Waals surface area contributed by atoms with Gasteiger partial charge in [-0.05, 0) is 17.8 Å². The third kappa shape index (κ3) is 7.09. The highest BCUT2D eigenvalue weighted by Crippen LogP contribution is 2.02. The van der Waals surface area contributed by atoms with Gasteiger partial charge in [-0.2, -0.15) is 10.2 Å². The molecule has 2 aromatic rings. The molecule has 1 aromatic heterocycles. The Bertz CT molecular complexity index is 727. The molecule has 3 rings (SSSR count). The van der Waals surface area contributed by atoms with E-state index < -0.39 is 0 Å². The van der Waals surface area contributed by atoms with Crippen molar-refractivity contribution in [2.45, 2.75) is 13.0 Å². The number of ether oxygens (including phenoxy) is 1. The predicted molar refractivity (Wildman–Crippen MR) is 110 cm³/mol. The number of aromatic nitrogens is 2. The zero-order chi connectivity index (χ0) is 18.7. The molecule has 0 spiro atoms. The highest BCUT2D eigenvalue weighted by molar-refractivity contribution is 7.80. The maximum Gasteiger partial charge on any atom is 0.186 e. The third-order valence-electron chi connectivity index (χ3n) is 4.41. The summed E-state index contributed by atoms with van der Waals surface area (Å²) in [4.78, 5) is 1.60. The average molecular weight is 388 g/mol. The van der Waals surface area contributed by atoms with Crippen molar-refractivity contribution in [2.75, 3.05) is 39.4 Å². The highest BCUT2D eigenvalue weighted by atomic mass is 32.1. The van der Waals surface area contributed by atoms with Gasteiger partial charge in [0.05, 0.1) is 38.7 Å². The number of hydrogen-bond acceptors (Lipinski definition) is 4. The molecule has 0 aliphatic carbocycles. The van der Waals surface area contributed by atoms with Crippen LogP contribution >= 0.6 is 12.2 Å². The topological polar surface area (TPSA) is 67.9 Å². The van der Waals surface area contributed by atoms with Gasteiger partial charge in [0.25, 0.3) is 0 Å². The summed E-state index contributed by atoms with van der Waals surface area (Å²) in [5, 5.41) is 12.3. The van der Waals surface area contributed by atoms with Crippen molar-refractivity contribution in [3.8, 4) is 0 Å². The third-order valence-corrected chi connectivity index (χ3v) is 4.65. The molecule has 2 heterocycles. The Labute approximate surface area is 165 Å². The molecule has 0 unspecified atom stereocenters. The second-order valence-electron chi connectivity index (χ2n) is 6.55. The highest BCUT2D eigenvalue weighted by Gasteiger charge is 2.12. The van der Waals surface area contributed by atoms with Gasteiger partial charge in [0.15, 0.2) is 5.11 Å². The van der Waals surface area contributed by atoms with Crippen LogP contribution in [0.2, 0.25) is 0 Å². The molecular weight excluding hydrogens is 360 g/mol. The van der Waals surface area contributed by atoms with E-state index in [1.54, 1.807) is 17.3 Å². The van der Waals surface area contributed by atoms with E-state index in [4.69, 9.17) is 17.0 Å². The fourth-order valence-corrected chi connectivity index (χ4v) is 3.11. The smallest absolute Gasteiger partial charge is 0.186 e. The van der Waals surface area contributed by atoms with Crippen LogP contribution in [0.15, 0.2) is 47.8 Å². The van der Waals surface area contributed by atoms with Gasteiger partial charge in [-0.1, -0.05) is 30.3 Å². The van der Waals surface area contributed by atoms with Crippen molar-refractivity contribution in [1.29, 1.82) is 0 Å². The summed E-state index contributed by atoms with van der Waals surface area (Å²) in [5.74, 6) is 0. The first-order valence-corrected chi connectivity index (χ1v) is 9.75. The molecule has 0 bridgehead atoms. The number of benzene rings is 1. The van der Waals surface area contributed by atoms with Gasteiger partial charge in [-0.3, -0.25) is 10.1 Å². The summed E-state index contributed by atoms with van der Waals surface area (Å²) < 4.78 is 7.26. The maximum atomic E-state index is 5.37. The Hall–Kier alpha value is -2.29. The van der Waals surface area contributed by atoms with Crippen molar-refractivity contribution in [3.63, 3.8) is 0 Å². The number of rotatable bonds is 8. The van der Waals surface area contributed by atoms with E-state index in [2.05, 4.69) is 33.1 Å². The SMILES string of the molecule is S=C(NCCC[NH+]1CCOCC1)N/N=C\c1cnn(Cc2ccccc2)c1. The molecule has 144 valence electrons. The normalized spacial score (nSPS) is 15.1. The first kappa shape index (κ1) is 19.5. The minimum absolute atomic E-state index is 0.542. The van der Waals surface area contributed by atoms with Crippen molar-refractivity contribution in [2.24, 2.45) is 5.10 Å². The van der Waals surface area contributed by atoms with Gasteiger partial charge < -0.3 is 15.0 Å². The van der Waals surface area contributed by atoms with E-state index in [-0.39, 0.29) is 0 Å². The van der Waals surface area contributed by atoms with Crippen LogP contribution in [-0.2, 0) is 11.3 Å². The van der Waals surface area contributed by atoms with Crippen LogP contribution in [0.1, 0.15) is 17.5 Å². The van der Waals surface area contributed by atoms with E-state index in [1.807, 2.05) is 29.1 Å². The van der Waals surface area contributed by atoms with Gasteiger partial charge >= 0.3 is 0 Å². The molecule has 8 heteroatoms. The second-order valence-corrected chi connectivity index (χ2v) is 6.96. The zero-order valence-electron chi connectivity index (χ0n) is 15.4. The Morgan fingerprint density at radius 2 is 2.11 bits per heavy atom. The quantitative estimate of drug-likeness (QED) is 0.258. The van der Waals surface area contributed by atoms with E-state index >= 15 is 0 Å². The molecule has 1 saturated heterocycles. The lowest BCUT2D eigenvalue weighted by molar-refractivity contribution is -0.908. The molecular formula is C19H27N6OS+. The Kier molecular flexibility index (Phi) is 7.76. The number of morpholine rings is 1. The van der Waals surface area contributed by atoms with Gasteiger partial charge in [-0.15, -0.1) is 0 Å². The van der Waals surface area contributed by atoms with E-state index in [0.29, 0.717) is 5.11 Å². The van der Waals surface area contributed by atoms with Crippen LogP contribution in [0, 0.1) is 0 Å². The molecule has 3 N–H and O–H groups in total. The zero-order valence-corrected chi connectivity index (χ0v) is 16.3. The van der Waals surface area contributed by atoms with Crippen LogP contribution in [0.3, 0.4) is 0 Å². The van der Waals surface area contributed by atoms with Crippen LogP contribution in [-0.4, -0.2) is 60.5 Å². The minimum atomic E-state index is 0.542. The summed E-state index contributed by atoms with van der Waals surface area (Å²) in [7, 11) is 0. The molecule has 7 nitrogen and oxygen atoms in total. The second kappa shape index (κ2) is 10.8. The number of hydrazone groups is 1. The van der Waals surface area contributed by atoms with Gasteiger partial charge in [-0.25, -0.2) is 0 Å². The lowest BCUT2D eigenvalue weighted by Crippen LogP contribution is -3.14. The summed E-state index contributed by atoms with van der Waals surface area (Å²) in [6.45, 7) is 6.69. The van der Waals surface area contributed by atoms with Crippen LogP contribution in [0.5, 0.6) is 0 Å². The van der Waals surface area contributed by atoms with Gasteiger partial charge in [0.2, 0.25) is 0 Å². The summed E-state index contributed by atoms with van der Waals surface area (Å²) in [5.41, 5.74) is 5.00. The number of nitrogens with zero attached hydrogens (tertiary/aromatic N) is 3. The number of nitrogens with one attached hydrogen (secondary N) is 3. The van der Waals surface area contributed by atoms with Gasteiger partial charge in [0, 0.05) is 24.7 Å². The first-order chi connectivity index (χ1) is 13.3. The summed E-state index contributed by atoms with van der Waals surface area (Å²) in [6, 6.07) is 10.2. The largest absolute Gasteiger partial charge is 0.370 e. The summed E-state index contributed by atoms with van der Waals surface area (Å²) >= 11 is 5.25. The first-order valence-electron chi connectivity index (χ1n) is 9.34. The van der Waals surface area contributed by atoms with Crippen LogP contribution in [0.4, 0.5) is 0 Å². The number of quaternary nitrogens is 1. The van der Waals surface area contributed by atoms with E-state index in [9.17, 15) is 0 Å². The molecule has 27 heavy (non-hydrogen) atoms. The molecule has 0 amide bonds. The molecule has 1 aliphatic heterocycles. The molecule has 0 saturated carbocycles. The number of thiocarbonyl (C=S) groups is 1. The average Bonchev–Trinajstić information content (AvgIpc) is 3.14. The van der Waals surface area contributed by atoms with Crippen molar-refractivity contribution < 1.29 is 9.64 Å². The number of hydrogen-bond donors (Lipinski definition) is 3. The van der Waals surface area contributed by atoms with Gasteiger partial charge in [0.1, 0.15) is 13.1 Å². The maximum absolute atomic E-state index is 5.37. The molecule has 0 atom stereocenters. The molecule has 0 radical (unpaired) electrons. The van der Waals surface area contributed by atoms with Crippen molar-refractivity contribution in [1.82, 2.24) is 20.5 Å². The predicted octanol–water partition coefficient (Wildman–Crippen LogP) is 0.0346. The van der Waals surface area contributed by atoms with Crippen LogP contribution in [0.25, 0.3) is 0 Å². The standard InChI is InChI=1S/C19H26N6OS/c27-19(20-7-4-8-24-9-11-26-12-10-24)23-21-13-18-14-22-25(16-18)15-17-5-2-1-3-6-17/h1-3,5-6,13-14,16H,4,7-12,15H2,(H2,20,23,27)/p+1/b21-13-. The van der Waals surface area contributed by atoms with Crippen molar-refractivity contribution >= 4 is 23.5 Å². The van der Waals surface area contributed by atoms with E-state index in [0.717, 1.165) is 57.9 Å². The molecule has 1 fully saturated rings. The lowest BCUT2D eigenvalue weighted by atomic mass is 10.2. The fourth-order valence-electron chi connectivity index (χ4n) is 2.96. The molecule has 1 aliphatic rings. The van der Waals surface area contributed by atoms with Crippen LogP contribution < -0.4 is 15.6 Å². The monoisotopic (exact) mass is 387 g/mol. The lowest BCUT2D eigenvalue weighted by Gasteiger charge is -2.23. The minimum Gasteiger partial charge on any atom is -0.370 e. The Balaban J connectivity index is 1.32. The van der Waals surface area contributed by atoms with E-state index in [1.165, 1.54) is 5.56 Å². The van der Waals surface area contributed by atoms with Crippen molar-refractivity contribution in [3.05, 3.63) is 53.9 Å². The Morgan fingerprint density at radius 1 is 1.30 bits per heavy atom. The molecule has 1 aromatic carbocycles. The summed E-state index contributed by atoms with van der Waals surface area (Å²) in [6.07, 6.45) is 6.54.